The zero-order valence-corrected chi connectivity index (χ0v) is 21.3. The molecule has 0 unspecified atom stereocenters. The van der Waals surface area contributed by atoms with E-state index in [1.54, 1.807) is 6.07 Å². The fourth-order valence-corrected chi connectivity index (χ4v) is 5.21. The van der Waals surface area contributed by atoms with Crippen LogP contribution in [0, 0.1) is 0 Å². The van der Waals surface area contributed by atoms with Crippen molar-refractivity contribution in [3.8, 4) is 11.1 Å². The van der Waals surface area contributed by atoms with Gasteiger partial charge in [-0.2, -0.15) is 0 Å². The van der Waals surface area contributed by atoms with E-state index in [-0.39, 0.29) is 31.3 Å². The van der Waals surface area contributed by atoms with Crippen LogP contribution in [-0.2, 0) is 25.9 Å². The lowest BCUT2D eigenvalue weighted by Gasteiger charge is -2.28. The molecule has 0 radical (unpaired) electrons. The number of hydroxylamine groups is 1. The second kappa shape index (κ2) is 10.5. The molecule has 0 bridgehead atoms. The number of hydrogen-bond donors (Lipinski definition) is 2. The van der Waals surface area contributed by atoms with Crippen LogP contribution in [0.1, 0.15) is 29.3 Å². The maximum atomic E-state index is 12.9. The lowest BCUT2D eigenvalue weighted by molar-refractivity contribution is -0.131. The number of amides is 2. The second-order valence-corrected chi connectivity index (χ2v) is 11.4. The number of morpholine rings is 1. The lowest BCUT2D eigenvalue weighted by Crippen LogP contribution is -2.50. The summed E-state index contributed by atoms with van der Waals surface area (Å²) in [4.78, 5) is 28.8. The van der Waals surface area contributed by atoms with E-state index < -0.39 is 20.5 Å². The monoisotopic (exact) mass is 523 g/mol. The summed E-state index contributed by atoms with van der Waals surface area (Å²) < 4.78 is 28.0. The Labute approximate surface area is 211 Å². The normalized spacial score (nSPS) is 17.4. The van der Waals surface area contributed by atoms with Gasteiger partial charge in [-0.1, -0.05) is 18.2 Å². The summed E-state index contributed by atoms with van der Waals surface area (Å²) in [7, 11) is -3.83. The van der Waals surface area contributed by atoms with Crippen molar-refractivity contribution >= 4 is 39.7 Å². The van der Waals surface area contributed by atoms with Crippen molar-refractivity contribution in [1.82, 2.24) is 10.4 Å². The van der Waals surface area contributed by atoms with Crippen molar-refractivity contribution in [3.63, 3.8) is 0 Å². The highest BCUT2D eigenvalue weighted by molar-refractivity contribution is 7.92. The molecule has 35 heavy (non-hydrogen) atoms. The van der Waals surface area contributed by atoms with Gasteiger partial charge < -0.3 is 14.5 Å². The minimum Gasteiger partial charge on any atom is -0.378 e. The molecule has 190 valence electrons. The molecule has 1 saturated heterocycles. The third kappa shape index (κ3) is 5.30. The van der Waals surface area contributed by atoms with Gasteiger partial charge in [0.05, 0.1) is 13.2 Å². The molecule has 2 amide bonds. The maximum Gasteiger partial charge on any atom is 0.264 e. The summed E-state index contributed by atoms with van der Waals surface area (Å²) in [5, 5.41) is 9.00. The van der Waals surface area contributed by atoms with Crippen LogP contribution in [-0.4, -0.2) is 74.2 Å². The van der Waals surface area contributed by atoms with E-state index >= 15 is 0 Å². The van der Waals surface area contributed by atoms with Crippen LogP contribution in [0.25, 0.3) is 11.1 Å². The highest BCUT2D eigenvalue weighted by Gasteiger charge is 2.44. The van der Waals surface area contributed by atoms with E-state index in [0.717, 1.165) is 54.9 Å². The molecule has 2 heterocycles. The molecule has 0 aromatic heterocycles. The molecule has 2 aromatic carbocycles. The third-order valence-electron chi connectivity index (χ3n) is 6.82. The Balaban J connectivity index is 0.00000342. The largest absolute Gasteiger partial charge is 0.378 e. The van der Waals surface area contributed by atoms with E-state index in [1.807, 2.05) is 12.1 Å². The summed E-state index contributed by atoms with van der Waals surface area (Å²) in [6.07, 6.45) is 0.813. The number of benzene rings is 2. The molecule has 11 heteroatoms. The molecular weight excluding hydrogens is 494 g/mol. The van der Waals surface area contributed by atoms with Crippen LogP contribution in [0.4, 0.5) is 5.69 Å². The van der Waals surface area contributed by atoms with Gasteiger partial charge in [0, 0.05) is 43.7 Å². The molecule has 0 aliphatic carbocycles. The molecule has 4 rings (SSSR count). The average Bonchev–Trinajstić information content (AvgIpc) is 3.16. The number of rotatable bonds is 7. The zero-order valence-electron chi connectivity index (χ0n) is 19.7. The smallest absolute Gasteiger partial charge is 0.264 e. The summed E-state index contributed by atoms with van der Waals surface area (Å²) in [5.74, 6) is -1.22. The number of nitrogens with zero attached hydrogens (tertiary/aromatic N) is 2. The van der Waals surface area contributed by atoms with E-state index in [0.29, 0.717) is 12.1 Å². The van der Waals surface area contributed by atoms with Gasteiger partial charge in [-0.3, -0.25) is 14.8 Å². The van der Waals surface area contributed by atoms with Crippen LogP contribution >= 0.6 is 12.4 Å². The van der Waals surface area contributed by atoms with Gasteiger partial charge in [-0.25, -0.2) is 13.9 Å². The third-order valence-corrected chi connectivity index (χ3v) is 8.85. The molecule has 1 atom stereocenters. The molecule has 1 fully saturated rings. The number of sulfone groups is 1. The predicted octanol–water partition coefficient (Wildman–Crippen LogP) is 2.27. The Kier molecular flexibility index (Phi) is 8.10. The molecular formula is C24H30ClN3O6S. The Bertz CT molecular complexity index is 1200. The Hall–Kier alpha value is -2.66. The van der Waals surface area contributed by atoms with Crippen molar-refractivity contribution in [3.05, 3.63) is 53.6 Å². The summed E-state index contributed by atoms with van der Waals surface area (Å²) in [5.41, 5.74) is 6.03. The van der Waals surface area contributed by atoms with Crippen molar-refractivity contribution < 1.29 is 28.0 Å². The van der Waals surface area contributed by atoms with Crippen LogP contribution in [0.5, 0.6) is 0 Å². The van der Waals surface area contributed by atoms with Crippen molar-refractivity contribution in [2.24, 2.45) is 0 Å². The SMILES string of the molecule is C[C@@](CCN1Cc2cc(-c3ccc(N4CCOCC4)cc3)ccc2C1=O)(C(=O)NO)S(C)(=O)=O.Cl. The number of halogens is 1. The lowest BCUT2D eigenvalue weighted by atomic mass is 10.00. The maximum absolute atomic E-state index is 12.9. The fraction of sp³-hybridized carbons (Fsp3) is 0.417. The first-order valence-electron chi connectivity index (χ1n) is 11.1. The highest BCUT2D eigenvalue weighted by Crippen LogP contribution is 2.31. The van der Waals surface area contributed by atoms with Gasteiger partial charge in [0.2, 0.25) is 0 Å². The molecule has 2 N–H and O–H groups in total. The first-order chi connectivity index (χ1) is 16.1. The first-order valence-corrected chi connectivity index (χ1v) is 13.0. The topological polar surface area (TPSA) is 116 Å². The molecule has 2 aromatic rings. The number of anilines is 1. The quantitative estimate of drug-likeness (QED) is 0.422. The summed E-state index contributed by atoms with van der Waals surface area (Å²) in [6.45, 7) is 4.84. The molecule has 2 aliphatic rings. The van der Waals surface area contributed by atoms with E-state index in [4.69, 9.17) is 9.94 Å². The molecule has 0 spiro atoms. The van der Waals surface area contributed by atoms with Gasteiger partial charge in [-0.05, 0) is 54.3 Å². The number of nitrogens with one attached hydrogen (secondary N) is 1. The second-order valence-electron chi connectivity index (χ2n) is 8.94. The number of hydrogen-bond acceptors (Lipinski definition) is 7. The first kappa shape index (κ1) is 26.9. The minimum atomic E-state index is -3.83. The Morgan fingerprint density at radius 1 is 1.11 bits per heavy atom. The molecule has 0 saturated carbocycles. The van der Waals surface area contributed by atoms with Crippen molar-refractivity contribution in [1.29, 1.82) is 0 Å². The minimum absolute atomic E-state index is 0. The Morgan fingerprint density at radius 2 is 1.74 bits per heavy atom. The number of fused-ring (bicyclic) bond motifs is 1. The summed E-state index contributed by atoms with van der Waals surface area (Å²) in [6, 6.07) is 14.0. The van der Waals surface area contributed by atoms with Crippen molar-refractivity contribution in [2.75, 3.05) is 44.0 Å². The van der Waals surface area contributed by atoms with Crippen LogP contribution in [0.3, 0.4) is 0 Å². The van der Waals surface area contributed by atoms with Crippen LogP contribution in [0.2, 0.25) is 0 Å². The molecule has 2 aliphatic heterocycles. The zero-order chi connectivity index (χ0) is 24.5. The highest BCUT2D eigenvalue weighted by atomic mass is 35.5. The van der Waals surface area contributed by atoms with Crippen LogP contribution in [0.15, 0.2) is 42.5 Å². The Morgan fingerprint density at radius 3 is 2.34 bits per heavy atom. The standard InChI is InChI=1S/C24H29N3O6S.ClH/c1-24(23(29)25-30,34(2,31)32)9-10-27-16-19-15-18(5-8-21(19)22(27)28)17-3-6-20(7-4-17)26-11-13-33-14-12-26;/h3-8,15,30H,9-14,16H2,1-2H3,(H,25,29);1H/t24-;/m1./s1. The van der Waals surface area contributed by atoms with Gasteiger partial charge in [-0.15, -0.1) is 12.4 Å². The van der Waals surface area contributed by atoms with Crippen molar-refractivity contribution in [2.45, 2.75) is 24.6 Å². The van der Waals surface area contributed by atoms with Gasteiger partial charge in [0.15, 0.2) is 14.6 Å². The fourth-order valence-electron chi connectivity index (χ4n) is 4.36. The van der Waals surface area contributed by atoms with E-state index in [2.05, 4.69) is 29.2 Å². The van der Waals surface area contributed by atoms with E-state index in [1.165, 1.54) is 17.3 Å². The average molecular weight is 524 g/mol. The predicted molar refractivity (Wildman–Crippen MR) is 135 cm³/mol. The van der Waals surface area contributed by atoms with E-state index in [9.17, 15) is 18.0 Å². The van der Waals surface area contributed by atoms with Gasteiger partial charge >= 0.3 is 0 Å². The number of ether oxygens (including phenoxy) is 1. The molecule has 9 nitrogen and oxygen atoms in total. The van der Waals surface area contributed by atoms with Gasteiger partial charge in [0.1, 0.15) is 0 Å². The van der Waals surface area contributed by atoms with Crippen LogP contribution < -0.4 is 10.4 Å². The summed E-state index contributed by atoms with van der Waals surface area (Å²) >= 11 is 0. The number of carbonyl (C=O) groups is 2. The number of carbonyl (C=O) groups excluding carboxylic acids is 2. The van der Waals surface area contributed by atoms with Gasteiger partial charge in [0.25, 0.3) is 11.8 Å².